The highest BCUT2D eigenvalue weighted by molar-refractivity contribution is 5.55. The fourth-order valence-electron chi connectivity index (χ4n) is 0.526. The zero-order chi connectivity index (χ0) is 6.53. The minimum absolute atomic E-state index is 0.566. The maximum atomic E-state index is 8.00. The highest BCUT2D eigenvalue weighted by Gasteiger charge is 1.81. The van der Waals surface area contributed by atoms with E-state index in [9.17, 15) is 0 Å². The summed E-state index contributed by atoms with van der Waals surface area (Å²) in [6, 6.07) is 0. The largest absolute Gasteiger partial charge is 0.411 e. The van der Waals surface area contributed by atoms with Crippen LogP contribution in [0, 0.1) is 0 Å². The number of aromatic nitrogens is 2. The molecule has 1 aromatic heterocycles. The van der Waals surface area contributed by atoms with Crippen molar-refractivity contribution in [2.75, 3.05) is 0 Å². The van der Waals surface area contributed by atoms with Crippen LogP contribution in [0.15, 0.2) is 23.9 Å². The number of imidazole rings is 1. The van der Waals surface area contributed by atoms with E-state index in [1.54, 1.807) is 23.3 Å². The van der Waals surface area contributed by atoms with Crippen molar-refractivity contribution in [2.24, 2.45) is 5.16 Å². The van der Waals surface area contributed by atoms with E-state index in [1.165, 1.54) is 6.21 Å². The topological polar surface area (TPSA) is 50.4 Å². The van der Waals surface area contributed by atoms with Crippen LogP contribution < -0.4 is 0 Å². The van der Waals surface area contributed by atoms with E-state index in [0.717, 1.165) is 0 Å². The van der Waals surface area contributed by atoms with Gasteiger partial charge in [-0.1, -0.05) is 0 Å². The molecule has 4 heteroatoms. The Morgan fingerprint density at radius 3 is 3.22 bits per heavy atom. The van der Waals surface area contributed by atoms with Gasteiger partial charge in [0, 0.05) is 12.4 Å². The van der Waals surface area contributed by atoms with Gasteiger partial charge in [0.25, 0.3) is 0 Å². The fourth-order valence-corrected chi connectivity index (χ4v) is 0.526. The lowest BCUT2D eigenvalue weighted by Gasteiger charge is -1.89. The molecular formula is C5H7N3O. The smallest absolute Gasteiger partial charge is 0.0949 e. The van der Waals surface area contributed by atoms with Crippen molar-refractivity contribution in [3.63, 3.8) is 0 Å². The average Bonchev–Trinajstić information content (AvgIpc) is 2.34. The molecule has 0 aliphatic rings. The van der Waals surface area contributed by atoms with Crippen molar-refractivity contribution in [2.45, 2.75) is 6.54 Å². The normalized spacial score (nSPS) is 10.7. The predicted octanol–water partition coefficient (Wildman–Crippen LogP) is 0.343. The minimum atomic E-state index is 0.566. The van der Waals surface area contributed by atoms with Gasteiger partial charge in [0.1, 0.15) is 0 Å². The first-order valence-corrected chi connectivity index (χ1v) is 2.55. The molecule has 1 N–H and O–H groups in total. The number of nitrogens with zero attached hydrogens (tertiary/aromatic N) is 3. The van der Waals surface area contributed by atoms with Gasteiger partial charge in [-0.05, 0) is 0 Å². The van der Waals surface area contributed by atoms with Gasteiger partial charge in [0.05, 0.1) is 19.1 Å². The highest BCUT2D eigenvalue weighted by Crippen LogP contribution is 1.81. The molecule has 0 aliphatic carbocycles. The summed E-state index contributed by atoms with van der Waals surface area (Å²) in [6.07, 6.45) is 6.51. The van der Waals surface area contributed by atoms with E-state index in [4.69, 9.17) is 5.21 Å². The van der Waals surface area contributed by atoms with Crippen LogP contribution in [0.5, 0.6) is 0 Å². The second kappa shape index (κ2) is 2.86. The fraction of sp³-hybridized carbons (Fsp3) is 0.200. The summed E-state index contributed by atoms with van der Waals surface area (Å²) in [5.74, 6) is 0. The standard InChI is InChI=1S/C5H7N3O/c9-7-2-4-8-3-1-6-5-8/h1-3,5,9H,4H2. The van der Waals surface area contributed by atoms with Gasteiger partial charge in [-0.3, -0.25) is 0 Å². The quantitative estimate of drug-likeness (QED) is 0.352. The Hall–Kier alpha value is -1.32. The molecule has 1 aromatic rings. The zero-order valence-corrected chi connectivity index (χ0v) is 4.81. The molecule has 0 radical (unpaired) electrons. The lowest BCUT2D eigenvalue weighted by Crippen LogP contribution is -1.93. The summed E-state index contributed by atoms with van der Waals surface area (Å²) < 4.78 is 1.79. The van der Waals surface area contributed by atoms with Crippen molar-refractivity contribution < 1.29 is 5.21 Å². The van der Waals surface area contributed by atoms with Crippen molar-refractivity contribution >= 4 is 6.21 Å². The lowest BCUT2D eigenvalue weighted by molar-refractivity contribution is 0.320. The van der Waals surface area contributed by atoms with Crippen LogP contribution in [0.3, 0.4) is 0 Å². The molecule has 0 saturated heterocycles. The second-order valence-electron chi connectivity index (χ2n) is 1.56. The molecule has 4 nitrogen and oxygen atoms in total. The second-order valence-corrected chi connectivity index (χ2v) is 1.56. The Bertz CT molecular complexity index is 180. The van der Waals surface area contributed by atoms with E-state index >= 15 is 0 Å². The molecule has 1 rings (SSSR count). The van der Waals surface area contributed by atoms with Gasteiger partial charge in [0.2, 0.25) is 0 Å². The van der Waals surface area contributed by atoms with Gasteiger partial charge < -0.3 is 9.77 Å². The summed E-state index contributed by atoms with van der Waals surface area (Å²) >= 11 is 0. The van der Waals surface area contributed by atoms with Crippen LogP contribution in [0.25, 0.3) is 0 Å². The molecule has 0 fully saturated rings. The molecule has 0 atom stereocenters. The molecule has 0 spiro atoms. The monoisotopic (exact) mass is 125 g/mol. The number of hydrogen-bond donors (Lipinski definition) is 1. The Kier molecular flexibility index (Phi) is 1.85. The highest BCUT2D eigenvalue weighted by atomic mass is 16.4. The van der Waals surface area contributed by atoms with E-state index in [2.05, 4.69) is 10.1 Å². The Labute approximate surface area is 52.4 Å². The Balaban J connectivity index is 2.48. The summed E-state index contributed by atoms with van der Waals surface area (Å²) in [7, 11) is 0. The predicted molar refractivity (Wildman–Crippen MR) is 32.5 cm³/mol. The number of rotatable bonds is 2. The SMILES string of the molecule is ON=CCn1ccnc1. The first-order valence-electron chi connectivity index (χ1n) is 2.55. The van der Waals surface area contributed by atoms with Gasteiger partial charge in [-0.15, -0.1) is 5.16 Å². The van der Waals surface area contributed by atoms with Crippen LogP contribution in [-0.4, -0.2) is 21.0 Å². The summed E-state index contributed by atoms with van der Waals surface area (Å²) in [5.41, 5.74) is 0. The van der Waals surface area contributed by atoms with Crippen molar-refractivity contribution in [3.05, 3.63) is 18.7 Å². The maximum Gasteiger partial charge on any atom is 0.0949 e. The first-order chi connectivity index (χ1) is 4.43. The average molecular weight is 125 g/mol. The lowest BCUT2D eigenvalue weighted by atomic mass is 10.7. The van der Waals surface area contributed by atoms with Gasteiger partial charge in [-0.2, -0.15) is 0 Å². The van der Waals surface area contributed by atoms with Crippen molar-refractivity contribution in [1.82, 2.24) is 9.55 Å². The third-order valence-electron chi connectivity index (χ3n) is 0.933. The summed E-state index contributed by atoms with van der Waals surface area (Å²) in [5, 5.41) is 10.8. The summed E-state index contributed by atoms with van der Waals surface area (Å²) in [4.78, 5) is 3.79. The molecule has 0 saturated carbocycles. The van der Waals surface area contributed by atoms with E-state index < -0.39 is 0 Å². The minimum Gasteiger partial charge on any atom is -0.411 e. The molecule has 0 bridgehead atoms. The van der Waals surface area contributed by atoms with Crippen LogP contribution in [-0.2, 0) is 6.54 Å². The molecule has 0 amide bonds. The molecule has 9 heavy (non-hydrogen) atoms. The maximum absolute atomic E-state index is 8.00. The van der Waals surface area contributed by atoms with E-state index in [1.807, 2.05) is 0 Å². The first kappa shape index (κ1) is 5.81. The van der Waals surface area contributed by atoms with Gasteiger partial charge >= 0.3 is 0 Å². The Morgan fingerprint density at radius 1 is 1.78 bits per heavy atom. The van der Waals surface area contributed by atoms with Crippen LogP contribution in [0.4, 0.5) is 0 Å². The van der Waals surface area contributed by atoms with Gasteiger partial charge in [0.15, 0.2) is 0 Å². The number of oxime groups is 1. The van der Waals surface area contributed by atoms with Gasteiger partial charge in [-0.25, -0.2) is 4.98 Å². The third kappa shape index (κ3) is 1.56. The van der Waals surface area contributed by atoms with Crippen LogP contribution >= 0.6 is 0 Å². The third-order valence-corrected chi connectivity index (χ3v) is 0.933. The molecule has 0 aromatic carbocycles. The Morgan fingerprint density at radius 2 is 2.67 bits per heavy atom. The molecule has 0 aliphatic heterocycles. The van der Waals surface area contributed by atoms with Crippen LogP contribution in [0.2, 0.25) is 0 Å². The zero-order valence-electron chi connectivity index (χ0n) is 4.81. The molecule has 0 unspecified atom stereocenters. The molecule has 48 valence electrons. The molecular weight excluding hydrogens is 118 g/mol. The number of hydrogen-bond acceptors (Lipinski definition) is 3. The molecule has 1 heterocycles. The van der Waals surface area contributed by atoms with E-state index in [-0.39, 0.29) is 0 Å². The van der Waals surface area contributed by atoms with Crippen LogP contribution in [0.1, 0.15) is 0 Å². The van der Waals surface area contributed by atoms with E-state index in [0.29, 0.717) is 6.54 Å². The van der Waals surface area contributed by atoms with Crippen molar-refractivity contribution in [1.29, 1.82) is 0 Å². The van der Waals surface area contributed by atoms with Crippen molar-refractivity contribution in [3.8, 4) is 0 Å². The summed E-state index contributed by atoms with van der Waals surface area (Å²) in [6.45, 7) is 0.566.